The standard InChI is InChI=1S/C13H13N3OS/c1-7(2)10-12(17)16-11(15-10)8-5-3-4-6-9(8)14-13(16)18/h3-7,10,15H,1-2H3/t10-/m0/s1. The van der Waals surface area contributed by atoms with E-state index >= 15 is 0 Å². The van der Waals surface area contributed by atoms with Gasteiger partial charge in [0.2, 0.25) is 4.77 Å². The summed E-state index contributed by atoms with van der Waals surface area (Å²) in [5.74, 6) is 0.975. The van der Waals surface area contributed by atoms with Gasteiger partial charge in [0.05, 0.1) is 5.52 Å². The van der Waals surface area contributed by atoms with Crippen LogP contribution in [0.3, 0.4) is 0 Å². The molecule has 1 aromatic carbocycles. The first-order chi connectivity index (χ1) is 8.59. The van der Waals surface area contributed by atoms with E-state index in [2.05, 4.69) is 10.3 Å². The third-order valence-corrected chi connectivity index (χ3v) is 3.51. The number of rotatable bonds is 1. The van der Waals surface area contributed by atoms with Gasteiger partial charge in [-0.2, -0.15) is 0 Å². The first kappa shape index (κ1) is 11.3. The number of anilines is 1. The number of benzene rings is 1. The molecule has 0 aliphatic carbocycles. The Bertz CT molecular complexity index is 705. The van der Waals surface area contributed by atoms with Crippen molar-refractivity contribution in [3.05, 3.63) is 29.0 Å². The van der Waals surface area contributed by atoms with E-state index in [0.717, 1.165) is 16.7 Å². The molecule has 0 fully saturated rings. The highest BCUT2D eigenvalue weighted by atomic mass is 32.1. The first-order valence-electron chi connectivity index (χ1n) is 5.92. The van der Waals surface area contributed by atoms with Gasteiger partial charge in [-0.25, -0.2) is 9.55 Å². The average molecular weight is 259 g/mol. The molecule has 92 valence electrons. The van der Waals surface area contributed by atoms with Crippen LogP contribution >= 0.6 is 12.2 Å². The lowest BCUT2D eigenvalue weighted by Crippen LogP contribution is -2.30. The largest absolute Gasteiger partial charge is 0.359 e. The molecule has 5 heteroatoms. The second kappa shape index (κ2) is 3.88. The number of hydrogen-bond acceptors (Lipinski definition) is 4. The summed E-state index contributed by atoms with van der Waals surface area (Å²) in [6.45, 7) is 4.03. The lowest BCUT2D eigenvalue weighted by Gasteiger charge is -2.11. The van der Waals surface area contributed by atoms with Crippen LogP contribution < -0.4 is 5.32 Å². The summed E-state index contributed by atoms with van der Waals surface area (Å²) in [4.78, 5) is 16.6. The van der Waals surface area contributed by atoms with Crippen LogP contribution in [-0.2, 0) is 0 Å². The van der Waals surface area contributed by atoms with Crippen molar-refractivity contribution in [1.29, 1.82) is 0 Å². The van der Waals surface area contributed by atoms with Gasteiger partial charge in [-0.05, 0) is 30.3 Å². The molecule has 0 unspecified atom stereocenters. The molecular formula is C13H13N3OS. The van der Waals surface area contributed by atoms with Crippen molar-refractivity contribution in [2.45, 2.75) is 19.9 Å². The SMILES string of the molecule is CC(C)[C@@H]1Nc2c3ccccc3nc(=S)n2C1=O. The fourth-order valence-electron chi connectivity index (χ4n) is 2.29. The summed E-state index contributed by atoms with van der Waals surface area (Å²) in [7, 11) is 0. The number of carbonyl (C=O) groups excluding carboxylic acids is 1. The van der Waals surface area contributed by atoms with E-state index in [1.165, 1.54) is 4.57 Å². The minimum Gasteiger partial charge on any atom is -0.359 e. The molecule has 4 nitrogen and oxygen atoms in total. The Balaban J connectivity index is 2.33. The van der Waals surface area contributed by atoms with E-state index in [1.807, 2.05) is 38.1 Å². The number of nitrogens with one attached hydrogen (secondary N) is 1. The van der Waals surface area contributed by atoms with Crippen LogP contribution in [0, 0.1) is 10.7 Å². The highest BCUT2D eigenvalue weighted by Gasteiger charge is 2.33. The summed E-state index contributed by atoms with van der Waals surface area (Å²) in [5.41, 5.74) is 0.818. The Labute approximate surface area is 110 Å². The van der Waals surface area contributed by atoms with Gasteiger partial charge in [0.25, 0.3) is 5.91 Å². The summed E-state index contributed by atoms with van der Waals surface area (Å²) in [6, 6.07) is 7.48. The van der Waals surface area contributed by atoms with Crippen molar-refractivity contribution in [1.82, 2.24) is 9.55 Å². The van der Waals surface area contributed by atoms with Crippen LogP contribution in [0.5, 0.6) is 0 Å². The van der Waals surface area contributed by atoms with Gasteiger partial charge in [-0.3, -0.25) is 4.79 Å². The van der Waals surface area contributed by atoms with Gasteiger partial charge < -0.3 is 5.32 Å². The molecule has 0 bridgehead atoms. The molecule has 1 aliphatic rings. The zero-order valence-corrected chi connectivity index (χ0v) is 11.0. The minimum atomic E-state index is -0.223. The molecule has 0 saturated carbocycles. The summed E-state index contributed by atoms with van der Waals surface area (Å²) >= 11 is 5.21. The van der Waals surface area contributed by atoms with Crippen molar-refractivity contribution in [2.75, 3.05) is 5.32 Å². The molecule has 1 aromatic heterocycles. The average Bonchev–Trinajstić information content (AvgIpc) is 2.68. The molecule has 18 heavy (non-hydrogen) atoms. The third kappa shape index (κ3) is 1.47. The van der Waals surface area contributed by atoms with E-state index in [9.17, 15) is 4.79 Å². The maximum absolute atomic E-state index is 12.3. The van der Waals surface area contributed by atoms with Gasteiger partial charge in [0.1, 0.15) is 11.9 Å². The molecule has 1 N–H and O–H groups in total. The van der Waals surface area contributed by atoms with Crippen LogP contribution in [0.4, 0.5) is 5.82 Å². The zero-order valence-electron chi connectivity index (χ0n) is 10.2. The minimum absolute atomic E-state index is 0.0109. The highest BCUT2D eigenvalue weighted by molar-refractivity contribution is 7.71. The molecule has 0 radical (unpaired) electrons. The van der Waals surface area contributed by atoms with Gasteiger partial charge >= 0.3 is 0 Å². The Morgan fingerprint density at radius 1 is 1.39 bits per heavy atom. The molecule has 0 spiro atoms. The number of nitrogens with zero attached hydrogens (tertiary/aromatic N) is 2. The maximum Gasteiger partial charge on any atom is 0.257 e. The fraction of sp³-hybridized carbons (Fsp3) is 0.308. The lowest BCUT2D eigenvalue weighted by molar-refractivity contribution is 0.0887. The maximum atomic E-state index is 12.3. The van der Waals surface area contributed by atoms with Crippen LogP contribution in [0.2, 0.25) is 0 Å². The molecule has 0 saturated heterocycles. The molecule has 3 rings (SSSR count). The number of aromatic nitrogens is 2. The van der Waals surface area contributed by atoms with E-state index in [0.29, 0.717) is 4.77 Å². The molecular weight excluding hydrogens is 246 g/mol. The monoisotopic (exact) mass is 259 g/mol. The van der Waals surface area contributed by atoms with Crippen molar-refractivity contribution in [2.24, 2.45) is 5.92 Å². The van der Waals surface area contributed by atoms with Gasteiger partial charge in [0, 0.05) is 5.39 Å². The fourth-order valence-corrected chi connectivity index (χ4v) is 2.57. The molecule has 1 aliphatic heterocycles. The van der Waals surface area contributed by atoms with Crippen LogP contribution in [0.15, 0.2) is 24.3 Å². The molecule has 2 aromatic rings. The quantitative estimate of drug-likeness (QED) is 0.800. The second-order valence-corrected chi connectivity index (χ2v) is 5.16. The topological polar surface area (TPSA) is 46.9 Å². The summed E-state index contributed by atoms with van der Waals surface area (Å²) < 4.78 is 1.84. The Kier molecular flexibility index (Phi) is 2.45. The summed E-state index contributed by atoms with van der Waals surface area (Å²) in [6.07, 6.45) is 0. The highest BCUT2D eigenvalue weighted by Crippen LogP contribution is 2.29. The van der Waals surface area contributed by atoms with Crippen LogP contribution in [0.1, 0.15) is 18.6 Å². The van der Waals surface area contributed by atoms with Gasteiger partial charge in [-0.1, -0.05) is 26.0 Å². The number of carbonyl (C=O) groups is 1. The normalized spacial score (nSPS) is 18.2. The molecule has 0 amide bonds. The van der Waals surface area contributed by atoms with Crippen molar-refractivity contribution in [3.8, 4) is 0 Å². The third-order valence-electron chi connectivity index (χ3n) is 3.24. The Morgan fingerprint density at radius 2 is 2.11 bits per heavy atom. The smallest absolute Gasteiger partial charge is 0.257 e. The van der Waals surface area contributed by atoms with E-state index in [4.69, 9.17) is 12.2 Å². The number of para-hydroxylation sites is 1. The molecule has 1 atom stereocenters. The summed E-state index contributed by atoms with van der Waals surface area (Å²) in [5, 5.41) is 4.21. The van der Waals surface area contributed by atoms with Gasteiger partial charge in [0.15, 0.2) is 0 Å². The zero-order chi connectivity index (χ0) is 12.9. The van der Waals surface area contributed by atoms with Gasteiger partial charge in [-0.15, -0.1) is 0 Å². The van der Waals surface area contributed by atoms with E-state index < -0.39 is 0 Å². The van der Waals surface area contributed by atoms with E-state index in [1.54, 1.807) is 0 Å². The first-order valence-corrected chi connectivity index (χ1v) is 6.33. The van der Waals surface area contributed by atoms with Crippen molar-refractivity contribution < 1.29 is 4.79 Å². The lowest BCUT2D eigenvalue weighted by atomic mass is 10.1. The number of hydrogen-bond donors (Lipinski definition) is 1. The number of fused-ring (bicyclic) bond motifs is 3. The Morgan fingerprint density at radius 3 is 2.83 bits per heavy atom. The van der Waals surface area contributed by atoms with Crippen LogP contribution in [-0.4, -0.2) is 21.5 Å². The van der Waals surface area contributed by atoms with Crippen molar-refractivity contribution >= 4 is 34.8 Å². The van der Waals surface area contributed by atoms with Crippen molar-refractivity contribution in [3.63, 3.8) is 0 Å². The Hall–Kier alpha value is -1.75. The van der Waals surface area contributed by atoms with E-state index in [-0.39, 0.29) is 17.9 Å². The predicted octanol–water partition coefficient (Wildman–Crippen LogP) is 2.86. The van der Waals surface area contributed by atoms with Crippen LogP contribution in [0.25, 0.3) is 10.9 Å². The second-order valence-electron chi connectivity index (χ2n) is 4.80. The molecule has 2 heterocycles. The predicted molar refractivity (Wildman–Crippen MR) is 73.4 cm³/mol.